The van der Waals surface area contributed by atoms with Crippen molar-refractivity contribution in [1.29, 1.82) is 0 Å². The van der Waals surface area contributed by atoms with Crippen molar-refractivity contribution in [3.8, 4) is 0 Å². The van der Waals surface area contributed by atoms with Gasteiger partial charge in [-0.05, 0) is 48.5 Å². The van der Waals surface area contributed by atoms with Gasteiger partial charge in [0, 0.05) is 29.2 Å². The number of nitrogens with zero attached hydrogens (tertiary/aromatic N) is 1. The van der Waals surface area contributed by atoms with Crippen molar-refractivity contribution in [2.75, 3.05) is 7.05 Å². The average Bonchev–Trinajstić information content (AvgIpc) is 3.06. The van der Waals surface area contributed by atoms with Crippen LogP contribution in [0.5, 0.6) is 0 Å². The fourth-order valence-corrected chi connectivity index (χ4v) is 3.40. The molecule has 0 amide bonds. The molecule has 2 nitrogen and oxygen atoms in total. The summed E-state index contributed by atoms with van der Waals surface area (Å²) in [4.78, 5) is 0. The Bertz CT molecular complexity index is 681. The van der Waals surface area contributed by atoms with E-state index in [0.29, 0.717) is 6.04 Å². The van der Waals surface area contributed by atoms with E-state index in [2.05, 4.69) is 64.8 Å². The van der Waals surface area contributed by atoms with Crippen LogP contribution in [0.25, 0.3) is 10.1 Å². The van der Waals surface area contributed by atoms with Crippen molar-refractivity contribution in [2.24, 2.45) is 0 Å². The largest absolute Gasteiger partial charge is 0.346 e. The molecule has 1 atom stereocenters. The molecule has 0 spiro atoms. The third kappa shape index (κ3) is 2.31. The Morgan fingerprint density at radius 3 is 2.89 bits per heavy atom. The summed E-state index contributed by atoms with van der Waals surface area (Å²) in [6, 6.07) is 13.3. The van der Waals surface area contributed by atoms with Crippen LogP contribution in [0.15, 0.2) is 48.0 Å². The van der Waals surface area contributed by atoms with Gasteiger partial charge in [-0.3, -0.25) is 0 Å². The van der Waals surface area contributed by atoms with Crippen LogP contribution in [0.3, 0.4) is 0 Å². The molecule has 1 unspecified atom stereocenters. The molecule has 0 aliphatic heterocycles. The number of thiophene rings is 1. The second-order valence-corrected chi connectivity index (χ2v) is 5.74. The summed E-state index contributed by atoms with van der Waals surface area (Å²) in [6.07, 6.45) is 2.16. The van der Waals surface area contributed by atoms with E-state index in [-0.39, 0.29) is 0 Å². The van der Waals surface area contributed by atoms with Gasteiger partial charge in [-0.15, -0.1) is 11.3 Å². The molecule has 3 heteroatoms. The summed E-state index contributed by atoms with van der Waals surface area (Å²) in [5, 5.41) is 6.96. The third-order valence-corrected chi connectivity index (χ3v) is 4.66. The number of rotatable bonds is 4. The van der Waals surface area contributed by atoms with Crippen molar-refractivity contribution in [3.63, 3.8) is 0 Å². The van der Waals surface area contributed by atoms with Crippen LogP contribution in [-0.4, -0.2) is 11.6 Å². The lowest BCUT2D eigenvalue weighted by molar-refractivity contribution is 0.590. The third-order valence-electron chi connectivity index (χ3n) is 3.64. The minimum atomic E-state index is 0.375. The molecule has 0 fully saturated rings. The van der Waals surface area contributed by atoms with Crippen LogP contribution < -0.4 is 5.32 Å². The van der Waals surface area contributed by atoms with Crippen molar-refractivity contribution in [2.45, 2.75) is 19.5 Å². The highest BCUT2D eigenvalue weighted by Gasteiger charge is 2.10. The molecule has 0 saturated carbocycles. The second-order valence-electron chi connectivity index (χ2n) is 4.83. The number of hydrogen-bond acceptors (Lipinski definition) is 2. The van der Waals surface area contributed by atoms with Crippen LogP contribution in [0.4, 0.5) is 0 Å². The van der Waals surface area contributed by atoms with Gasteiger partial charge in [-0.2, -0.15) is 0 Å². The first-order chi connectivity index (χ1) is 9.29. The lowest BCUT2D eigenvalue weighted by Crippen LogP contribution is -2.16. The molecule has 0 aliphatic carbocycles. The van der Waals surface area contributed by atoms with Gasteiger partial charge in [-0.1, -0.05) is 18.2 Å². The molecule has 3 aromatic rings. The SMILES string of the molecule is CNC(C)c1cccn1Cc1csc2ccccc12. The molecule has 1 N–H and O–H groups in total. The van der Waals surface area contributed by atoms with E-state index in [1.807, 2.05) is 18.4 Å². The summed E-state index contributed by atoms with van der Waals surface area (Å²) < 4.78 is 3.70. The zero-order valence-corrected chi connectivity index (χ0v) is 12.1. The van der Waals surface area contributed by atoms with Crippen molar-refractivity contribution < 1.29 is 0 Å². The van der Waals surface area contributed by atoms with E-state index >= 15 is 0 Å². The standard InChI is InChI=1S/C16H18N2S/c1-12(17-2)15-7-5-9-18(15)10-13-11-19-16-8-4-3-6-14(13)16/h3-9,11-12,17H,10H2,1-2H3. The van der Waals surface area contributed by atoms with Gasteiger partial charge in [0.15, 0.2) is 0 Å². The lowest BCUT2D eigenvalue weighted by Gasteiger charge is -2.14. The zero-order chi connectivity index (χ0) is 13.2. The molecule has 3 rings (SSSR count). The van der Waals surface area contributed by atoms with Crippen LogP contribution in [0.2, 0.25) is 0 Å². The van der Waals surface area contributed by atoms with Gasteiger partial charge in [0.05, 0.1) is 0 Å². The molecule has 0 radical (unpaired) electrons. The molecule has 2 heterocycles. The van der Waals surface area contributed by atoms with Gasteiger partial charge < -0.3 is 9.88 Å². The van der Waals surface area contributed by atoms with Gasteiger partial charge in [0.1, 0.15) is 0 Å². The average molecular weight is 270 g/mol. The van der Waals surface area contributed by atoms with Gasteiger partial charge in [0.25, 0.3) is 0 Å². The van der Waals surface area contributed by atoms with E-state index in [9.17, 15) is 0 Å². The number of hydrogen-bond donors (Lipinski definition) is 1. The first-order valence-electron chi connectivity index (χ1n) is 6.57. The summed E-state index contributed by atoms with van der Waals surface area (Å²) in [7, 11) is 2.00. The minimum absolute atomic E-state index is 0.375. The first kappa shape index (κ1) is 12.5. The fourth-order valence-electron chi connectivity index (χ4n) is 2.45. The monoisotopic (exact) mass is 270 g/mol. The van der Waals surface area contributed by atoms with E-state index in [4.69, 9.17) is 0 Å². The topological polar surface area (TPSA) is 17.0 Å². The molecule has 0 saturated heterocycles. The lowest BCUT2D eigenvalue weighted by atomic mass is 10.1. The molecular formula is C16H18N2S. The predicted molar refractivity (Wildman–Crippen MR) is 82.8 cm³/mol. The van der Waals surface area contributed by atoms with Crippen molar-refractivity contribution in [3.05, 3.63) is 59.2 Å². The summed E-state index contributed by atoms with van der Waals surface area (Å²) in [6.45, 7) is 3.13. The maximum absolute atomic E-state index is 3.31. The maximum Gasteiger partial charge on any atom is 0.0487 e. The Morgan fingerprint density at radius 1 is 1.21 bits per heavy atom. The molecule has 98 valence electrons. The first-order valence-corrected chi connectivity index (χ1v) is 7.45. The Labute approximate surface area is 117 Å². The summed E-state index contributed by atoms with van der Waals surface area (Å²) >= 11 is 1.83. The van der Waals surface area contributed by atoms with Crippen LogP contribution in [-0.2, 0) is 6.54 Å². The smallest absolute Gasteiger partial charge is 0.0487 e. The van der Waals surface area contributed by atoms with E-state index in [1.54, 1.807) is 0 Å². The minimum Gasteiger partial charge on any atom is -0.346 e. The summed E-state index contributed by atoms with van der Waals surface area (Å²) in [5.41, 5.74) is 2.74. The highest BCUT2D eigenvalue weighted by atomic mass is 32.1. The Balaban J connectivity index is 1.95. The number of benzene rings is 1. The molecule has 0 bridgehead atoms. The predicted octanol–water partition coefficient (Wildman–Crippen LogP) is 4.03. The number of fused-ring (bicyclic) bond motifs is 1. The number of nitrogens with one attached hydrogen (secondary N) is 1. The van der Waals surface area contributed by atoms with E-state index in [1.165, 1.54) is 21.3 Å². The van der Waals surface area contributed by atoms with Crippen LogP contribution >= 0.6 is 11.3 Å². The van der Waals surface area contributed by atoms with Gasteiger partial charge in [-0.25, -0.2) is 0 Å². The van der Waals surface area contributed by atoms with Crippen LogP contribution in [0, 0.1) is 0 Å². The normalized spacial score (nSPS) is 12.9. The van der Waals surface area contributed by atoms with E-state index < -0.39 is 0 Å². The Morgan fingerprint density at radius 2 is 2.05 bits per heavy atom. The fraction of sp³-hybridized carbons (Fsp3) is 0.250. The molecule has 0 aliphatic rings. The maximum atomic E-state index is 3.31. The zero-order valence-electron chi connectivity index (χ0n) is 11.3. The van der Waals surface area contributed by atoms with Gasteiger partial charge in [0.2, 0.25) is 0 Å². The Hall–Kier alpha value is -1.58. The van der Waals surface area contributed by atoms with Gasteiger partial charge >= 0.3 is 0 Å². The quantitative estimate of drug-likeness (QED) is 0.757. The van der Waals surface area contributed by atoms with Crippen molar-refractivity contribution in [1.82, 2.24) is 9.88 Å². The van der Waals surface area contributed by atoms with E-state index in [0.717, 1.165) is 6.54 Å². The van der Waals surface area contributed by atoms with Crippen molar-refractivity contribution >= 4 is 21.4 Å². The number of aromatic nitrogens is 1. The highest BCUT2D eigenvalue weighted by Crippen LogP contribution is 2.27. The summed E-state index contributed by atoms with van der Waals surface area (Å²) in [5.74, 6) is 0. The highest BCUT2D eigenvalue weighted by molar-refractivity contribution is 7.17. The molecule has 2 aromatic heterocycles. The van der Waals surface area contributed by atoms with Crippen LogP contribution in [0.1, 0.15) is 24.2 Å². The molecule has 1 aromatic carbocycles. The molecule has 19 heavy (non-hydrogen) atoms. The Kier molecular flexibility index (Phi) is 3.40. The molecular weight excluding hydrogens is 252 g/mol. The second kappa shape index (κ2) is 5.19.